The van der Waals surface area contributed by atoms with E-state index >= 15 is 0 Å². The molecule has 2 rings (SSSR count). The van der Waals surface area contributed by atoms with Crippen molar-refractivity contribution in [1.29, 1.82) is 0 Å². The number of rotatable bonds is 2. The number of nitrogens with one attached hydrogen (secondary N) is 1. The number of phenolic OH excluding ortho intramolecular Hbond substituents is 1. The van der Waals surface area contributed by atoms with Crippen LogP contribution in [-0.2, 0) is 0 Å². The Morgan fingerprint density at radius 2 is 2.18 bits per heavy atom. The van der Waals surface area contributed by atoms with Crippen molar-refractivity contribution in [2.45, 2.75) is 38.6 Å². The van der Waals surface area contributed by atoms with Crippen LogP contribution in [0.3, 0.4) is 0 Å². The van der Waals surface area contributed by atoms with Gasteiger partial charge in [0.2, 0.25) is 0 Å². The maximum Gasteiger partial charge on any atom is 0.126 e. The molecular formula is C14H21NO2. The Labute approximate surface area is 103 Å². The topological polar surface area (TPSA) is 41.5 Å². The number of benzene rings is 1. The summed E-state index contributed by atoms with van der Waals surface area (Å²) in [5, 5.41) is 13.4. The number of hydrogen-bond donors (Lipinski definition) is 2. The highest BCUT2D eigenvalue weighted by atomic mass is 16.5. The van der Waals surface area contributed by atoms with Crippen LogP contribution in [0.1, 0.15) is 38.7 Å². The number of hydrogen-bond acceptors (Lipinski definition) is 3. The fourth-order valence-electron chi connectivity index (χ4n) is 2.16. The molecule has 94 valence electrons. The van der Waals surface area contributed by atoms with Crippen molar-refractivity contribution >= 4 is 0 Å². The molecule has 0 radical (unpaired) electrons. The first-order valence-corrected chi connectivity index (χ1v) is 6.17. The average molecular weight is 235 g/mol. The molecule has 1 aromatic carbocycles. The molecule has 0 saturated carbocycles. The molecule has 1 aliphatic rings. The van der Waals surface area contributed by atoms with Crippen LogP contribution >= 0.6 is 0 Å². The summed E-state index contributed by atoms with van der Waals surface area (Å²) in [6.45, 7) is 8.05. The Morgan fingerprint density at radius 1 is 1.41 bits per heavy atom. The molecule has 1 aromatic rings. The van der Waals surface area contributed by atoms with E-state index in [1.165, 1.54) is 0 Å². The molecule has 0 bridgehead atoms. The zero-order valence-electron chi connectivity index (χ0n) is 10.8. The SMILES string of the molecule is CC(C)(C)NCC1CCOc2cccc(O)c21. The van der Waals surface area contributed by atoms with Crippen LogP contribution in [0.5, 0.6) is 11.5 Å². The summed E-state index contributed by atoms with van der Waals surface area (Å²) >= 11 is 0. The quantitative estimate of drug-likeness (QED) is 0.828. The van der Waals surface area contributed by atoms with E-state index in [1.54, 1.807) is 6.07 Å². The van der Waals surface area contributed by atoms with Crippen LogP contribution in [-0.4, -0.2) is 23.8 Å². The van der Waals surface area contributed by atoms with Crippen LogP contribution in [0.25, 0.3) is 0 Å². The van der Waals surface area contributed by atoms with Gasteiger partial charge in [-0.05, 0) is 39.3 Å². The average Bonchev–Trinajstić information content (AvgIpc) is 2.25. The maximum atomic E-state index is 9.95. The second-order valence-electron chi connectivity index (χ2n) is 5.65. The van der Waals surface area contributed by atoms with Gasteiger partial charge in [-0.3, -0.25) is 0 Å². The normalized spacial score (nSPS) is 19.6. The highest BCUT2D eigenvalue weighted by Gasteiger charge is 2.25. The molecule has 0 saturated heterocycles. The summed E-state index contributed by atoms with van der Waals surface area (Å²) < 4.78 is 5.58. The zero-order valence-corrected chi connectivity index (χ0v) is 10.8. The van der Waals surface area contributed by atoms with Gasteiger partial charge in [-0.15, -0.1) is 0 Å². The summed E-state index contributed by atoms with van der Waals surface area (Å²) in [4.78, 5) is 0. The van der Waals surface area contributed by atoms with Gasteiger partial charge < -0.3 is 15.2 Å². The summed E-state index contributed by atoms with van der Waals surface area (Å²) in [5.74, 6) is 1.51. The van der Waals surface area contributed by atoms with E-state index in [4.69, 9.17) is 4.74 Å². The number of ether oxygens (including phenoxy) is 1. The van der Waals surface area contributed by atoms with E-state index in [2.05, 4.69) is 26.1 Å². The van der Waals surface area contributed by atoms with Crippen LogP contribution in [0.2, 0.25) is 0 Å². The molecular weight excluding hydrogens is 214 g/mol. The smallest absolute Gasteiger partial charge is 0.126 e. The monoisotopic (exact) mass is 235 g/mol. The van der Waals surface area contributed by atoms with Crippen molar-refractivity contribution in [1.82, 2.24) is 5.32 Å². The lowest BCUT2D eigenvalue weighted by Gasteiger charge is -2.30. The molecule has 3 nitrogen and oxygen atoms in total. The highest BCUT2D eigenvalue weighted by Crippen LogP contribution is 2.39. The second-order valence-corrected chi connectivity index (χ2v) is 5.65. The predicted molar refractivity (Wildman–Crippen MR) is 68.7 cm³/mol. The van der Waals surface area contributed by atoms with Crippen LogP contribution in [0, 0.1) is 0 Å². The molecule has 1 unspecified atom stereocenters. The summed E-state index contributed by atoms with van der Waals surface area (Å²) in [7, 11) is 0. The van der Waals surface area contributed by atoms with E-state index in [9.17, 15) is 5.11 Å². The largest absolute Gasteiger partial charge is 0.508 e. The van der Waals surface area contributed by atoms with E-state index in [0.717, 1.165) is 30.9 Å². The van der Waals surface area contributed by atoms with Gasteiger partial charge in [0.05, 0.1) is 6.61 Å². The van der Waals surface area contributed by atoms with Gasteiger partial charge in [0.15, 0.2) is 0 Å². The standard InChI is InChI=1S/C14H21NO2/c1-14(2,3)15-9-10-7-8-17-12-6-4-5-11(16)13(10)12/h4-6,10,15-16H,7-9H2,1-3H3. The lowest BCUT2D eigenvalue weighted by atomic mass is 9.91. The molecule has 0 aliphatic carbocycles. The Balaban J connectivity index is 2.17. The minimum Gasteiger partial charge on any atom is -0.508 e. The number of fused-ring (bicyclic) bond motifs is 1. The highest BCUT2D eigenvalue weighted by molar-refractivity contribution is 5.47. The molecule has 2 N–H and O–H groups in total. The molecule has 1 heterocycles. The predicted octanol–water partition coefficient (Wildman–Crippen LogP) is 2.65. The fourth-order valence-corrected chi connectivity index (χ4v) is 2.16. The summed E-state index contributed by atoms with van der Waals surface area (Å²) in [6, 6.07) is 5.49. The Kier molecular flexibility index (Phi) is 3.29. The first-order valence-electron chi connectivity index (χ1n) is 6.17. The van der Waals surface area contributed by atoms with E-state index < -0.39 is 0 Å². The lowest BCUT2D eigenvalue weighted by molar-refractivity contribution is 0.253. The van der Waals surface area contributed by atoms with Gasteiger partial charge in [-0.1, -0.05) is 6.07 Å². The summed E-state index contributed by atoms with van der Waals surface area (Å²) in [6.07, 6.45) is 0.952. The van der Waals surface area contributed by atoms with Gasteiger partial charge in [0.1, 0.15) is 11.5 Å². The van der Waals surface area contributed by atoms with Crippen LogP contribution < -0.4 is 10.1 Å². The molecule has 0 aromatic heterocycles. The number of phenols is 1. The van der Waals surface area contributed by atoms with Crippen LogP contribution in [0.4, 0.5) is 0 Å². The summed E-state index contributed by atoms with van der Waals surface area (Å²) in [5.41, 5.74) is 1.05. The minimum atomic E-state index is 0.100. The van der Waals surface area contributed by atoms with E-state index in [1.807, 2.05) is 12.1 Å². The van der Waals surface area contributed by atoms with Crippen molar-refractivity contribution < 1.29 is 9.84 Å². The first kappa shape index (κ1) is 12.2. The van der Waals surface area contributed by atoms with Gasteiger partial charge in [0.25, 0.3) is 0 Å². The zero-order chi connectivity index (χ0) is 12.5. The van der Waals surface area contributed by atoms with Gasteiger partial charge in [0, 0.05) is 23.6 Å². The van der Waals surface area contributed by atoms with Gasteiger partial charge in [-0.2, -0.15) is 0 Å². The lowest BCUT2D eigenvalue weighted by Crippen LogP contribution is -2.39. The van der Waals surface area contributed by atoms with Crippen molar-refractivity contribution in [3.05, 3.63) is 23.8 Å². The van der Waals surface area contributed by atoms with Crippen molar-refractivity contribution in [3.8, 4) is 11.5 Å². The van der Waals surface area contributed by atoms with Crippen LogP contribution in [0.15, 0.2) is 18.2 Å². The second kappa shape index (κ2) is 4.57. The Morgan fingerprint density at radius 3 is 2.88 bits per heavy atom. The van der Waals surface area contributed by atoms with Crippen molar-refractivity contribution in [2.24, 2.45) is 0 Å². The van der Waals surface area contributed by atoms with E-state index in [0.29, 0.717) is 11.7 Å². The van der Waals surface area contributed by atoms with E-state index in [-0.39, 0.29) is 5.54 Å². The Hall–Kier alpha value is -1.22. The third-order valence-electron chi connectivity index (χ3n) is 3.05. The van der Waals surface area contributed by atoms with Crippen molar-refractivity contribution in [2.75, 3.05) is 13.2 Å². The molecule has 1 atom stereocenters. The number of aromatic hydroxyl groups is 1. The van der Waals surface area contributed by atoms with Gasteiger partial charge >= 0.3 is 0 Å². The molecule has 17 heavy (non-hydrogen) atoms. The molecule has 0 spiro atoms. The Bertz CT molecular complexity index is 396. The third-order valence-corrected chi connectivity index (χ3v) is 3.05. The minimum absolute atomic E-state index is 0.100. The fraction of sp³-hybridized carbons (Fsp3) is 0.571. The molecule has 3 heteroatoms. The maximum absolute atomic E-state index is 9.95. The third kappa shape index (κ3) is 2.91. The molecule has 0 fully saturated rings. The van der Waals surface area contributed by atoms with Crippen molar-refractivity contribution in [3.63, 3.8) is 0 Å². The van der Waals surface area contributed by atoms with Gasteiger partial charge in [-0.25, -0.2) is 0 Å². The molecule has 0 amide bonds. The molecule has 1 aliphatic heterocycles. The first-order chi connectivity index (χ1) is 7.97.